The summed E-state index contributed by atoms with van der Waals surface area (Å²) in [5, 5.41) is 3.69. The van der Waals surface area contributed by atoms with Crippen LogP contribution in [0, 0.1) is 17.3 Å². The molecule has 1 aliphatic heterocycles. The molecule has 1 heterocycles. The van der Waals surface area contributed by atoms with Crippen LogP contribution in [0.2, 0.25) is 0 Å². The van der Waals surface area contributed by atoms with Gasteiger partial charge in [-0.3, -0.25) is 9.59 Å². The minimum atomic E-state index is -0.331. The zero-order chi connectivity index (χ0) is 28.0. The van der Waals surface area contributed by atoms with Gasteiger partial charge in [-0.15, -0.1) is 0 Å². The number of amides is 2. The Morgan fingerprint density at radius 3 is 2.11 bits per heavy atom. The summed E-state index contributed by atoms with van der Waals surface area (Å²) in [6, 6.07) is 10.2. The van der Waals surface area contributed by atoms with Crippen LogP contribution in [-0.2, 0) is 15.0 Å². The lowest BCUT2D eigenvalue weighted by atomic mass is 9.72. The molecule has 1 saturated heterocycles. The number of hydrogen-bond donors (Lipinski definition) is 1. The molecule has 0 saturated carbocycles. The maximum absolute atomic E-state index is 14.0. The molecule has 1 fully saturated rings. The second kappa shape index (κ2) is 13.1. The first-order valence-electron chi connectivity index (χ1n) is 14.2. The number of nitrogens with one attached hydrogen (secondary N) is 1. The number of carbonyl (C=O) groups is 2. The highest BCUT2D eigenvalue weighted by Gasteiger charge is 2.38. The van der Waals surface area contributed by atoms with Crippen molar-refractivity contribution in [3.05, 3.63) is 47.5 Å². The van der Waals surface area contributed by atoms with Crippen LogP contribution in [0.15, 0.2) is 42.0 Å². The maximum Gasteiger partial charge on any atom is 0.249 e. The van der Waals surface area contributed by atoms with E-state index in [1.807, 2.05) is 29.8 Å². The molecule has 0 spiro atoms. The summed E-state index contributed by atoms with van der Waals surface area (Å²) in [6.07, 6.45) is 5.18. The average Bonchev–Trinajstić information content (AvgIpc) is 3.38. The van der Waals surface area contributed by atoms with Crippen molar-refractivity contribution in [2.24, 2.45) is 17.3 Å². The number of likely N-dealkylation sites (N-methyl/N-ethyl adjacent to an activating group) is 1. The number of likely N-dealkylation sites (tertiary alicyclic amines) is 1. The van der Waals surface area contributed by atoms with Crippen molar-refractivity contribution >= 4 is 11.8 Å². The molecule has 37 heavy (non-hydrogen) atoms. The smallest absolute Gasteiger partial charge is 0.249 e. The molecule has 5 nitrogen and oxygen atoms in total. The molecule has 2 rings (SSSR count). The fourth-order valence-corrected chi connectivity index (χ4v) is 5.64. The number of hydrogen-bond acceptors (Lipinski definition) is 3. The first-order chi connectivity index (χ1) is 17.2. The van der Waals surface area contributed by atoms with Gasteiger partial charge >= 0.3 is 0 Å². The van der Waals surface area contributed by atoms with Crippen LogP contribution in [0.4, 0.5) is 0 Å². The Hall–Kier alpha value is -2.14. The summed E-state index contributed by atoms with van der Waals surface area (Å²) >= 11 is 0. The van der Waals surface area contributed by atoms with Gasteiger partial charge in [0, 0.05) is 25.7 Å². The highest BCUT2D eigenvalue weighted by Crippen LogP contribution is 2.34. The Morgan fingerprint density at radius 2 is 1.62 bits per heavy atom. The van der Waals surface area contributed by atoms with Gasteiger partial charge in [0.25, 0.3) is 0 Å². The topological polar surface area (TPSA) is 52.7 Å². The second-order valence-electron chi connectivity index (χ2n) is 12.9. The van der Waals surface area contributed by atoms with Gasteiger partial charge in [-0.2, -0.15) is 0 Å². The molecule has 0 aliphatic carbocycles. The van der Waals surface area contributed by atoms with Gasteiger partial charge in [-0.25, -0.2) is 0 Å². The lowest BCUT2D eigenvalue weighted by Crippen LogP contribution is -2.56. The second-order valence-corrected chi connectivity index (χ2v) is 12.9. The van der Waals surface area contributed by atoms with E-state index < -0.39 is 0 Å². The number of benzene rings is 1. The van der Waals surface area contributed by atoms with Gasteiger partial charge in [-0.05, 0) is 54.5 Å². The van der Waals surface area contributed by atoms with Gasteiger partial charge in [0.05, 0.1) is 12.1 Å². The number of rotatable bonds is 11. The van der Waals surface area contributed by atoms with E-state index in [4.69, 9.17) is 0 Å². The molecular weight excluding hydrogens is 458 g/mol. The van der Waals surface area contributed by atoms with Crippen LogP contribution in [0.5, 0.6) is 0 Å². The summed E-state index contributed by atoms with van der Waals surface area (Å²) in [5.74, 6) is 0.745. The van der Waals surface area contributed by atoms with Crippen LogP contribution < -0.4 is 5.32 Å². The Morgan fingerprint density at radius 1 is 1.05 bits per heavy atom. The summed E-state index contributed by atoms with van der Waals surface area (Å²) in [6.45, 7) is 21.8. The molecule has 5 heteroatoms. The third-order valence-electron chi connectivity index (χ3n) is 8.34. The molecule has 1 aromatic rings. The Bertz CT molecular complexity index is 908. The maximum atomic E-state index is 14.0. The van der Waals surface area contributed by atoms with Crippen molar-refractivity contribution in [1.29, 1.82) is 0 Å². The lowest BCUT2D eigenvalue weighted by Gasteiger charge is -2.40. The predicted molar refractivity (Wildman–Crippen MR) is 155 cm³/mol. The van der Waals surface area contributed by atoms with E-state index in [1.54, 1.807) is 0 Å². The van der Waals surface area contributed by atoms with Gasteiger partial charge in [-0.1, -0.05) is 98.2 Å². The summed E-state index contributed by atoms with van der Waals surface area (Å²) < 4.78 is 0. The van der Waals surface area contributed by atoms with E-state index in [9.17, 15) is 9.59 Å². The van der Waals surface area contributed by atoms with Gasteiger partial charge in [0.15, 0.2) is 0 Å². The molecule has 3 atom stereocenters. The third kappa shape index (κ3) is 7.92. The Labute approximate surface area is 227 Å². The number of carbonyl (C=O) groups excluding carboxylic acids is 2. The molecular formula is C32H53N3O2. The molecule has 1 aliphatic rings. The van der Waals surface area contributed by atoms with Crippen molar-refractivity contribution in [2.45, 2.75) is 99.1 Å². The van der Waals surface area contributed by atoms with Crippen molar-refractivity contribution in [2.75, 3.05) is 26.7 Å². The van der Waals surface area contributed by atoms with Crippen LogP contribution in [0.3, 0.4) is 0 Å². The van der Waals surface area contributed by atoms with Crippen molar-refractivity contribution in [1.82, 2.24) is 15.1 Å². The highest BCUT2D eigenvalue weighted by molar-refractivity contribution is 5.93. The summed E-state index contributed by atoms with van der Waals surface area (Å²) in [4.78, 5) is 30.7. The van der Waals surface area contributed by atoms with Crippen molar-refractivity contribution in [3.8, 4) is 0 Å². The van der Waals surface area contributed by atoms with E-state index in [2.05, 4.69) is 91.0 Å². The van der Waals surface area contributed by atoms with Crippen LogP contribution in [0.1, 0.15) is 87.1 Å². The molecule has 1 aromatic carbocycles. The van der Waals surface area contributed by atoms with Gasteiger partial charge in [0.2, 0.25) is 11.8 Å². The van der Waals surface area contributed by atoms with E-state index in [-0.39, 0.29) is 40.6 Å². The van der Waals surface area contributed by atoms with Crippen molar-refractivity contribution in [3.63, 3.8) is 0 Å². The SMILES string of the molecule is CC[C@H](CN[C@H](C(=O)N(C)[C@H](/C=C(\C)C(=O)N1CCCC1)C(C)C)C(C)(C)C)C(C)(C)c1ccccc1. The van der Waals surface area contributed by atoms with Gasteiger partial charge in [0.1, 0.15) is 0 Å². The van der Waals surface area contributed by atoms with Crippen LogP contribution >= 0.6 is 0 Å². The molecule has 0 radical (unpaired) electrons. The van der Waals surface area contributed by atoms with Crippen LogP contribution in [0.25, 0.3) is 0 Å². The normalized spacial score (nSPS) is 17.6. The van der Waals surface area contributed by atoms with Crippen molar-refractivity contribution < 1.29 is 9.59 Å². The Balaban J connectivity index is 2.23. The highest BCUT2D eigenvalue weighted by atomic mass is 16.2. The van der Waals surface area contributed by atoms with E-state index in [1.165, 1.54) is 5.56 Å². The minimum absolute atomic E-state index is 0.0172. The minimum Gasteiger partial charge on any atom is -0.339 e. The summed E-state index contributed by atoms with van der Waals surface area (Å²) in [5.41, 5.74) is 1.78. The fourth-order valence-electron chi connectivity index (χ4n) is 5.64. The monoisotopic (exact) mass is 511 g/mol. The lowest BCUT2D eigenvalue weighted by molar-refractivity contribution is -0.137. The standard InChI is InChI=1S/C32H53N3O2/c1-11-25(32(8,9)26-17-13-12-14-18-26)22-33-28(31(5,6)7)30(37)34(10)27(23(2)3)21-24(4)29(36)35-19-15-16-20-35/h12-14,17-18,21,23,25,27-28,33H,11,15-16,19-20,22H2,1-10H3/b24-21+/t25-,27-,28-/m1/s1. The zero-order valence-corrected chi connectivity index (χ0v) is 25.2. The molecule has 0 unspecified atom stereocenters. The molecule has 1 N–H and O–H groups in total. The van der Waals surface area contributed by atoms with E-state index >= 15 is 0 Å². The van der Waals surface area contributed by atoms with E-state index in [0.717, 1.165) is 44.5 Å². The summed E-state index contributed by atoms with van der Waals surface area (Å²) in [7, 11) is 1.89. The molecule has 208 valence electrons. The van der Waals surface area contributed by atoms with E-state index in [0.29, 0.717) is 5.92 Å². The fraction of sp³-hybridized carbons (Fsp3) is 0.688. The van der Waals surface area contributed by atoms with Gasteiger partial charge < -0.3 is 15.1 Å². The average molecular weight is 512 g/mol. The molecule has 0 bridgehead atoms. The van der Waals surface area contributed by atoms with Crippen LogP contribution in [-0.4, -0.2) is 60.4 Å². The number of nitrogens with zero attached hydrogens (tertiary/aromatic N) is 2. The molecule has 0 aromatic heterocycles. The largest absolute Gasteiger partial charge is 0.339 e. The first-order valence-corrected chi connectivity index (χ1v) is 14.2. The quantitative estimate of drug-likeness (QED) is 0.368. The molecule has 2 amide bonds. The third-order valence-corrected chi connectivity index (χ3v) is 8.34. The Kier molecular flexibility index (Phi) is 11.0. The zero-order valence-electron chi connectivity index (χ0n) is 25.2. The predicted octanol–water partition coefficient (Wildman–Crippen LogP) is 6.05. The first kappa shape index (κ1) is 31.1.